The minimum atomic E-state index is -4.41. The Hall–Kier alpha value is -4.08. The number of nitrogens with zero attached hydrogens (tertiary/aromatic N) is 4. The van der Waals surface area contributed by atoms with Crippen molar-refractivity contribution in [1.82, 2.24) is 24.6 Å². The number of hydrogen-bond acceptors (Lipinski definition) is 4. The Morgan fingerprint density at radius 2 is 1.89 bits per heavy atom. The molecule has 2 aromatic carbocycles. The van der Waals surface area contributed by atoms with E-state index in [1.165, 1.54) is 12.1 Å². The van der Waals surface area contributed by atoms with Crippen molar-refractivity contribution in [2.24, 2.45) is 7.05 Å². The third-order valence-corrected chi connectivity index (χ3v) is 6.52. The zero-order valence-electron chi connectivity index (χ0n) is 19.6. The molecule has 0 saturated heterocycles. The predicted molar refractivity (Wildman–Crippen MR) is 127 cm³/mol. The van der Waals surface area contributed by atoms with Crippen molar-refractivity contribution < 1.29 is 22.4 Å². The van der Waals surface area contributed by atoms with Crippen molar-refractivity contribution in [3.8, 4) is 5.69 Å². The molecule has 36 heavy (non-hydrogen) atoms. The average molecular weight is 493 g/mol. The van der Waals surface area contributed by atoms with Crippen LogP contribution in [-0.2, 0) is 19.8 Å². The zero-order chi connectivity index (χ0) is 25.2. The van der Waals surface area contributed by atoms with Crippen molar-refractivity contribution in [2.75, 3.05) is 0 Å². The second-order valence-electron chi connectivity index (χ2n) is 9.16. The molecule has 0 atom stereocenters. The fourth-order valence-electron chi connectivity index (χ4n) is 4.48. The van der Waals surface area contributed by atoms with E-state index in [2.05, 4.69) is 15.4 Å². The molecular formula is C26H22F3N5O2. The number of amides is 1. The van der Waals surface area contributed by atoms with Gasteiger partial charge in [0.2, 0.25) is 0 Å². The Morgan fingerprint density at radius 3 is 2.58 bits per heavy atom. The van der Waals surface area contributed by atoms with E-state index in [-0.39, 0.29) is 12.5 Å². The molecule has 10 heteroatoms. The summed E-state index contributed by atoms with van der Waals surface area (Å²) < 4.78 is 48.3. The van der Waals surface area contributed by atoms with Gasteiger partial charge in [-0.25, -0.2) is 4.98 Å². The Morgan fingerprint density at radius 1 is 1.14 bits per heavy atom. The van der Waals surface area contributed by atoms with Gasteiger partial charge in [-0.3, -0.25) is 14.0 Å². The van der Waals surface area contributed by atoms with Crippen molar-refractivity contribution in [3.05, 3.63) is 77.1 Å². The van der Waals surface area contributed by atoms with Crippen LogP contribution in [0.15, 0.2) is 53.1 Å². The Bertz CT molecular complexity index is 1620. The largest absolute Gasteiger partial charge is 0.445 e. The number of oxazole rings is 1. The van der Waals surface area contributed by atoms with Crippen LogP contribution >= 0.6 is 0 Å². The number of hydrogen-bond donors (Lipinski definition) is 1. The summed E-state index contributed by atoms with van der Waals surface area (Å²) in [7, 11) is 1.77. The Labute approximate surface area is 203 Å². The minimum absolute atomic E-state index is 0.258. The van der Waals surface area contributed by atoms with E-state index in [1.807, 2.05) is 13.1 Å². The quantitative estimate of drug-likeness (QED) is 0.344. The average Bonchev–Trinajstić information content (AvgIpc) is 3.44. The van der Waals surface area contributed by atoms with E-state index < -0.39 is 11.7 Å². The Kier molecular flexibility index (Phi) is 4.96. The van der Waals surface area contributed by atoms with Crippen LogP contribution in [0, 0.1) is 6.92 Å². The summed E-state index contributed by atoms with van der Waals surface area (Å²) in [5.74, 6) is 1.58. The number of fused-ring (bicyclic) bond motifs is 3. The molecule has 0 unspecified atom stereocenters. The smallest absolute Gasteiger partial charge is 0.416 e. The molecule has 184 valence electrons. The Balaban J connectivity index is 1.33. The molecule has 3 heterocycles. The zero-order valence-corrected chi connectivity index (χ0v) is 19.6. The summed E-state index contributed by atoms with van der Waals surface area (Å²) in [6.07, 6.45) is -0.413. The van der Waals surface area contributed by atoms with E-state index >= 15 is 0 Å². The second-order valence-corrected chi connectivity index (χ2v) is 9.16. The van der Waals surface area contributed by atoms with Crippen LogP contribution in [0.5, 0.6) is 0 Å². The number of halogens is 3. The molecule has 6 rings (SSSR count). The number of carbonyl (C=O) groups excluding carboxylic acids is 1. The van der Waals surface area contributed by atoms with Gasteiger partial charge < -0.3 is 9.73 Å². The summed E-state index contributed by atoms with van der Waals surface area (Å²) in [6.45, 7) is 2.10. The summed E-state index contributed by atoms with van der Waals surface area (Å²) >= 11 is 0. The molecule has 3 aromatic heterocycles. The third-order valence-electron chi connectivity index (χ3n) is 6.52. The molecule has 5 aromatic rings. The first-order chi connectivity index (χ1) is 17.2. The van der Waals surface area contributed by atoms with E-state index in [9.17, 15) is 18.0 Å². The molecule has 7 nitrogen and oxygen atoms in total. The van der Waals surface area contributed by atoms with Crippen LogP contribution in [0.25, 0.3) is 27.6 Å². The highest BCUT2D eigenvalue weighted by Gasteiger charge is 2.31. The highest BCUT2D eigenvalue weighted by atomic mass is 19.4. The normalized spacial score (nSPS) is 14.1. The van der Waals surface area contributed by atoms with Gasteiger partial charge in [0.15, 0.2) is 11.5 Å². The standard InChI is InChI=1S/C26H22F3N5O2/c1-14-21(31-25(36-14)15-3-4-15)12-30-24(35)16-5-10-22-19(11-16)20-13-33(2)32-23(20)34(22)18-8-6-17(7-9-18)26(27,28)29/h5-11,13,15H,3-4,12H2,1-2H3,(H,30,35). The molecule has 0 aliphatic heterocycles. The van der Waals surface area contributed by atoms with E-state index in [1.54, 1.807) is 34.5 Å². The second kappa shape index (κ2) is 7.97. The maximum atomic E-state index is 13.1. The van der Waals surface area contributed by atoms with Crippen LogP contribution in [0.2, 0.25) is 0 Å². The number of nitrogens with one attached hydrogen (secondary N) is 1. The van der Waals surface area contributed by atoms with Gasteiger partial charge in [0.25, 0.3) is 5.91 Å². The van der Waals surface area contributed by atoms with Crippen molar-refractivity contribution >= 4 is 27.8 Å². The topological polar surface area (TPSA) is 77.9 Å². The van der Waals surface area contributed by atoms with E-state index in [0.29, 0.717) is 28.6 Å². The van der Waals surface area contributed by atoms with Crippen molar-refractivity contribution in [1.29, 1.82) is 0 Å². The fraction of sp³-hybridized carbons (Fsp3) is 0.269. The van der Waals surface area contributed by atoms with Crippen molar-refractivity contribution in [3.63, 3.8) is 0 Å². The van der Waals surface area contributed by atoms with E-state index in [4.69, 9.17) is 4.42 Å². The molecule has 1 amide bonds. The highest BCUT2D eigenvalue weighted by molar-refractivity contribution is 6.10. The molecule has 0 bridgehead atoms. The van der Waals surface area contributed by atoms with Gasteiger partial charge >= 0.3 is 6.18 Å². The molecule has 1 N–H and O–H groups in total. The third kappa shape index (κ3) is 3.82. The van der Waals surface area contributed by atoms with Crippen molar-refractivity contribution in [2.45, 2.75) is 38.4 Å². The summed E-state index contributed by atoms with van der Waals surface area (Å²) in [4.78, 5) is 17.5. The van der Waals surface area contributed by atoms with Crippen LogP contribution in [-0.4, -0.2) is 25.2 Å². The van der Waals surface area contributed by atoms with Crippen LogP contribution in [0.1, 0.15) is 52.0 Å². The maximum Gasteiger partial charge on any atom is 0.416 e. The SMILES string of the molecule is Cc1oc(C2CC2)nc1CNC(=O)c1ccc2c(c1)c1cn(C)nc1n2-c1ccc(C(F)(F)F)cc1. The molecule has 1 fully saturated rings. The molecule has 0 spiro atoms. The monoisotopic (exact) mass is 493 g/mol. The minimum Gasteiger partial charge on any atom is -0.445 e. The lowest BCUT2D eigenvalue weighted by Crippen LogP contribution is -2.23. The number of benzene rings is 2. The molecule has 0 radical (unpaired) electrons. The van der Waals surface area contributed by atoms with Gasteiger partial charge in [-0.1, -0.05) is 0 Å². The summed E-state index contributed by atoms with van der Waals surface area (Å²) in [6, 6.07) is 10.2. The van der Waals surface area contributed by atoms with Gasteiger partial charge in [0, 0.05) is 41.2 Å². The maximum absolute atomic E-state index is 13.1. The van der Waals surface area contributed by atoms with Gasteiger partial charge in [-0.15, -0.1) is 0 Å². The summed E-state index contributed by atoms with van der Waals surface area (Å²) in [5.41, 5.74) is 2.34. The molecular weight excluding hydrogens is 471 g/mol. The lowest BCUT2D eigenvalue weighted by molar-refractivity contribution is -0.137. The summed E-state index contributed by atoms with van der Waals surface area (Å²) in [5, 5.41) is 9.00. The van der Waals surface area contributed by atoms with Crippen LogP contribution in [0.3, 0.4) is 0 Å². The molecule has 1 saturated carbocycles. The van der Waals surface area contributed by atoms with Crippen LogP contribution in [0.4, 0.5) is 13.2 Å². The number of aryl methyl sites for hydroxylation is 2. The first-order valence-corrected chi connectivity index (χ1v) is 11.6. The van der Waals surface area contributed by atoms with Gasteiger partial charge in [0.1, 0.15) is 11.5 Å². The first-order valence-electron chi connectivity index (χ1n) is 11.6. The van der Waals surface area contributed by atoms with Crippen LogP contribution < -0.4 is 5.32 Å². The lowest BCUT2D eigenvalue weighted by atomic mass is 10.1. The van der Waals surface area contributed by atoms with Gasteiger partial charge in [0.05, 0.1) is 17.6 Å². The number of rotatable bonds is 5. The number of carbonyl (C=O) groups is 1. The van der Waals surface area contributed by atoms with Gasteiger partial charge in [-0.2, -0.15) is 18.3 Å². The highest BCUT2D eigenvalue weighted by Crippen LogP contribution is 2.40. The first kappa shape index (κ1) is 22.4. The number of alkyl halides is 3. The molecule has 1 aliphatic rings. The lowest BCUT2D eigenvalue weighted by Gasteiger charge is -2.10. The number of aromatic nitrogens is 4. The van der Waals surface area contributed by atoms with Gasteiger partial charge in [-0.05, 0) is 62.2 Å². The van der Waals surface area contributed by atoms with E-state index in [0.717, 1.165) is 52.8 Å². The molecule has 1 aliphatic carbocycles. The predicted octanol–water partition coefficient (Wildman–Crippen LogP) is 5.64. The fourth-order valence-corrected chi connectivity index (χ4v) is 4.48.